The van der Waals surface area contributed by atoms with Crippen LogP contribution in [0.4, 0.5) is 17.2 Å². The van der Waals surface area contributed by atoms with E-state index in [2.05, 4.69) is 42.4 Å². The molecule has 1 aromatic heterocycles. The summed E-state index contributed by atoms with van der Waals surface area (Å²) >= 11 is 0. The molecule has 0 aliphatic carbocycles. The van der Waals surface area contributed by atoms with Crippen LogP contribution in [0.15, 0.2) is 37.4 Å². The zero-order valence-corrected chi connectivity index (χ0v) is 14.7. The Morgan fingerprint density at radius 1 is 1.26 bits per heavy atom. The second-order valence-corrected chi connectivity index (χ2v) is 6.03. The van der Waals surface area contributed by atoms with Crippen molar-refractivity contribution in [2.45, 2.75) is 20.8 Å². The van der Waals surface area contributed by atoms with Crippen LogP contribution in [0.5, 0.6) is 0 Å². The van der Waals surface area contributed by atoms with E-state index in [1.54, 1.807) is 0 Å². The van der Waals surface area contributed by atoms with Crippen molar-refractivity contribution >= 4 is 28.8 Å². The van der Waals surface area contributed by atoms with Crippen LogP contribution in [-0.4, -0.2) is 19.1 Å². The van der Waals surface area contributed by atoms with Crippen molar-refractivity contribution in [1.82, 2.24) is 4.98 Å². The molecule has 0 saturated heterocycles. The predicted molar refractivity (Wildman–Crippen MR) is 103 cm³/mol. The molecule has 1 heterocycles. The van der Waals surface area contributed by atoms with Crippen molar-refractivity contribution in [3.63, 3.8) is 0 Å². The lowest BCUT2D eigenvalue weighted by molar-refractivity contribution is 1.12. The SMILES string of the molecule is C=Cc1c(Nc2nc(C)c(C)cc2C(=C)C)cccc1N(C)C. The van der Waals surface area contributed by atoms with Gasteiger partial charge in [-0.2, -0.15) is 0 Å². The number of nitrogens with one attached hydrogen (secondary N) is 1. The first kappa shape index (κ1) is 16.8. The predicted octanol–water partition coefficient (Wildman–Crippen LogP) is 5.18. The van der Waals surface area contributed by atoms with Gasteiger partial charge in [0.05, 0.1) is 0 Å². The third kappa shape index (κ3) is 3.45. The molecule has 0 fully saturated rings. The summed E-state index contributed by atoms with van der Waals surface area (Å²) in [6.07, 6.45) is 1.87. The maximum atomic E-state index is 4.72. The standard InChI is InChI=1S/C20H25N3/c1-8-16-18(10-9-11-19(16)23(6)7)22-20-17(13(2)3)12-14(4)15(5)21-20/h8-12H,1-2H2,3-7H3,(H,21,22). The average molecular weight is 307 g/mol. The maximum absolute atomic E-state index is 4.72. The van der Waals surface area contributed by atoms with Crippen molar-refractivity contribution in [2.75, 3.05) is 24.3 Å². The molecule has 0 radical (unpaired) electrons. The summed E-state index contributed by atoms with van der Waals surface area (Å²) in [5.41, 5.74) is 7.38. The molecule has 1 N–H and O–H groups in total. The minimum atomic E-state index is 0.833. The molecule has 3 nitrogen and oxygen atoms in total. The first-order valence-corrected chi connectivity index (χ1v) is 7.69. The smallest absolute Gasteiger partial charge is 0.138 e. The largest absolute Gasteiger partial charge is 0.377 e. The number of pyridine rings is 1. The van der Waals surface area contributed by atoms with Crippen molar-refractivity contribution in [3.05, 3.63) is 59.8 Å². The van der Waals surface area contributed by atoms with E-state index in [1.165, 1.54) is 5.56 Å². The van der Waals surface area contributed by atoms with Crippen molar-refractivity contribution < 1.29 is 0 Å². The Hall–Kier alpha value is -2.55. The van der Waals surface area contributed by atoms with Crippen LogP contribution in [0.1, 0.15) is 29.3 Å². The zero-order valence-electron chi connectivity index (χ0n) is 14.7. The second-order valence-electron chi connectivity index (χ2n) is 6.03. The summed E-state index contributed by atoms with van der Waals surface area (Å²) in [7, 11) is 4.05. The maximum Gasteiger partial charge on any atom is 0.138 e. The van der Waals surface area contributed by atoms with Crippen LogP contribution in [0, 0.1) is 13.8 Å². The summed E-state index contributed by atoms with van der Waals surface area (Å²) in [4.78, 5) is 6.80. The molecule has 2 rings (SSSR count). The van der Waals surface area contributed by atoms with Gasteiger partial charge in [0.2, 0.25) is 0 Å². The third-order valence-corrected chi connectivity index (χ3v) is 3.95. The van der Waals surface area contributed by atoms with Gasteiger partial charge in [0.25, 0.3) is 0 Å². The van der Waals surface area contributed by atoms with Crippen molar-refractivity contribution in [1.29, 1.82) is 0 Å². The molecule has 2 aromatic rings. The molecule has 0 amide bonds. The summed E-state index contributed by atoms with van der Waals surface area (Å²) in [6.45, 7) is 14.1. The van der Waals surface area contributed by atoms with E-state index in [0.29, 0.717) is 0 Å². The van der Waals surface area contributed by atoms with E-state index in [-0.39, 0.29) is 0 Å². The van der Waals surface area contributed by atoms with Gasteiger partial charge < -0.3 is 10.2 Å². The summed E-state index contributed by atoms with van der Waals surface area (Å²) in [6, 6.07) is 8.29. The van der Waals surface area contributed by atoms with E-state index in [0.717, 1.165) is 39.6 Å². The lowest BCUT2D eigenvalue weighted by Crippen LogP contribution is -2.11. The van der Waals surface area contributed by atoms with Crippen molar-refractivity contribution in [3.8, 4) is 0 Å². The molecule has 1 aromatic carbocycles. The number of anilines is 3. The molecule has 0 atom stereocenters. The van der Waals surface area contributed by atoms with Gasteiger partial charge in [-0.15, -0.1) is 0 Å². The van der Waals surface area contributed by atoms with Crippen LogP contribution >= 0.6 is 0 Å². The highest BCUT2D eigenvalue weighted by molar-refractivity contribution is 5.83. The van der Waals surface area contributed by atoms with E-state index >= 15 is 0 Å². The van der Waals surface area contributed by atoms with Gasteiger partial charge in [0.1, 0.15) is 5.82 Å². The average Bonchev–Trinajstić information content (AvgIpc) is 2.50. The molecule has 0 aliphatic heterocycles. The number of aryl methyl sites for hydroxylation is 2. The van der Waals surface area contributed by atoms with Crippen LogP contribution in [-0.2, 0) is 0 Å². The minimum absolute atomic E-state index is 0.833. The van der Waals surface area contributed by atoms with E-state index in [1.807, 2.05) is 46.2 Å². The highest BCUT2D eigenvalue weighted by atomic mass is 15.1. The lowest BCUT2D eigenvalue weighted by atomic mass is 10.1. The Labute approximate surface area is 139 Å². The first-order chi connectivity index (χ1) is 10.8. The Kier molecular flexibility index (Phi) is 4.89. The summed E-state index contributed by atoms with van der Waals surface area (Å²) in [5.74, 6) is 0.833. The number of hydrogen-bond acceptors (Lipinski definition) is 3. The summed E-state index contributed by atoms with van der Waals surface area (Å²) in [5, 5.41) is 3.47. The van der Waals surface area contributed by atoms with E-state index < -0.39 is 0 Å². The fourth-order valence-electron chi connectivity index (χ4n) is 2.52. The van der Waals surface area contributed by atoms with Crippen LogP contribution in [0.3, 0.4) is 0 Å². The number of rotatable bonds is 5. The van der Waals surface area contributed by atoms with E-state index in [9.17, 15) is 0 Å². The monoisotopic (exact) mass is 307 g/mol. The normalized spacial score (nSPS) is 10.3. The van der Waals surface area contributed by atoms with Gasteiger partial charge in [-0.05, 0) is 50.1 Å². The van der Waals surface area contributed by atoms with Gasteiger partial charge in [-0.1, -0.05) is 25.3 Å². The van der Waals surface area contributed by atoms with Gasteiger partial charge in [-0.3, -0.25) is 0 Å². The molecule has 120 valence electrons. The van der Waals surface area contributed by atoms with Crippen LogP contribution < -0.4 is 10.2 Å². The number of allylic oxidation sites excluding steroid dienone is 1. The molecule has 0 bridgehead atoms. The highest BCUT2D eigenvalue weighted by Gasteiger charge is 2.12. The Bertz CT molecular complexity index is 758. The Morgan fingerprint density at radius 2 is 1.96 bits per heavy atom. The topological polar surface area (TPSA) is 28.2 Å². The third-order valence-electron chi connectivity index (χ3n) is 3.95. The van der Waals surface area contributed by atoms with E-state index in [4.69, 9.17) is 4.98 Å². The van der Waals surface area contributed by atoms with Gasteiger partial charge in [0, 0.05) is 42.3 Å². The number of aromatic nitrogens is 1. The fraction of sp³-hybridized carbons (Fsp3) is 0.250. The molecule has 0 aliphatic rings. The molecular formula is C20H25N3. The van der Waals surface area contributed by atoms with Gasteiger partial charge >= 0.3 is 0 Å². The number of hydrogen-bond donors (Lipinski definition) is 1. The Morgan fingerprint density at radius 3 is 2.52 bits per heavy atom. The lowest BCUT2D eigenvalue weighted by Gasteiger charge is -2.20. The molecule has 23 heavy (non-hydrogen) atoms. The molecular weight excluding hydrogens is 282 g/mol. The van der Waals surface area contributed by atoms with Gasteiger partial charge in [-0.25, -0.2) is 4.98 Å². The molecule has 0 unspecified atom stereocenters. The Balaban J connectivity index is 2.56. The van der Waals surface area contributed by atoms with Crippen LogP contribution in [0.25, 0.3) is 11.6 Å². The number of benzene rings is 1. The highest BCUT2D eigenvalue weighted by Crippen LogP contribution is 2.32. The van der Waals surface area contributed by atoms with Gasteiger partial charge in [0.15, 0.2) is 0 Å². The fourth-order valence-corrected chi connectivity index (χ4v) is 2.52. The summed E-state index contributed by atoms with van der Waals surface area (Å²) < 4.78 is 0. The minimum Gasteiger partial charge on any atom is -0.377 e. The quantitative estimate of drug-likeness (QED) is 0.824. The van der Waals surface area contributed by atoms with Crippen molar-refractivity contribution in [2.24, 2.45) is 0 Å². The molecule has 3 heteroatoms. The first-order valence-electron chi connectivity index (χ1n) is 7.69. The number of nitrogens with zero attached hydrogens (tertiary/aromatic N) is 2. The van der Waals surface area contributed by atoms with Crippen LogP contribution in [0.2, 0.25) is 0 Å². The second kappa shape index (κ2) is 6.69. The molecule has 0 spiro atoms. The zero-order chi connectivity index (χ0) is 17.1. The molecule has 0 saturated carbocycles.